The molecular weight excluding hydrogens is 1710 g/mol. The number of rotatable bonds is 12. The maximum Gasteiger partial charge on any atom is 0.164 e. The van der Waals surface area contributed by atoms with Crippen molar-refractivity contribution in [2.45, 2.75) is 12.8 Å². The van der Waals surface area contributed by atoms with Gasteiger partial charge in [0.25, 0.3) is 0 Å². The number of fused-ring (bicyclic) bond motifs is 24. The smallest absolute Gasteiger partial charge is 0.164 e. The molecule has 0 atom stereocenters. The Morgan fingerprint density at radius 2 is 0.300 bits per heavy atom. The van der Waals surface area contributed by atoms with E-state index in [2.05, 4.69) is 416 Å². The molecule has 0 bridgehead atoms. The standard InChI is InChI=1S/2C64H40N6/c2*1-3-15-40(16-4-1)62-65-63(41-17-5-2-6-18-41)67-64(66-62)44-28-27-42-35-43-29-30-45(37-53(43)52(42)36-44)70-60-33-31-46(68-56-23-11-7-19-48(56)49-20-8-12-24-57(49)68)38-54(60)55-39-47(32-34-61(55)70)69-58-25-13-9-21-50(58)51-22-10-14-26-59(51)69/h2*1-34,36-39H,35H2. The third-order valence-electron chi connectivity index (χ3n) is 29.0. The van der Waals surface area contributed by atoms with Crippen molar-refractivity contribution >= 4 is 131 Å². The molecule has 2 aliphatic rings. The number of hydrogen-bond acceptors (Lipinski definition) is 6. The highest BCUT2D eigenvalue weighted by Gasteiger charge is 2.29. The Balaban J connectivity index is 0.000000134. The fourth-order valence-electron chi connectivity index (χ4n) is 22.7. The average Bonchev–Trinajstić information content (AvgIpc) is 1.56. The van der Waals surface area contributed by atoms with E-state index in [0.717, 1.165) is 102 Å². The van der Waals surface area contributed by atoms with Gasteiger partial charge in [0, 0.05) is 132 Å². The first-order valence-electron chi connectivity index (χ1n) is 47.8. The van der Waals surface area contributed by atoms with E-state index < -0.39 is 0 Å². The maximum absolute atomic E-state index is 5.10. The molecule has 2 aliphatic carbocycles. The third kappa shape index (κ3) is 12.5. The van der Waals surface area contributed by atoms with Crippen molar-refractivity contribution in [2.75, 3.05) is 0 Å². The van der Waals surface area contributed by atoms with Crippen LogP contribution < -0.4 is 0 Å². The zero-order valence-corrected chi connectivity index (χ0v) is 75.7. The molecule has 0 unspecified atom stereocenters. The van der Waals surface area contributed by atoms with Gasteiger partial charge in [-0.25, -0.2) is 29.9 Å². The van der Waals surface area contributed by atoms with E-state index in [1.807, 2.05) is 72.8 Å². The first kappa shape index (κ1) is 78.7. The molecule has 0 amide bonds. The van der Waals surface area contributed by atoms with E-state index >= 15 is 0 Å². The van der Waals surface area contributed by atoms with Crippen LogP contribution in [0.25, 0.3) is 256 Å². The molecule has 0 radical (unpaired) electrons. The topological polar surface area (TPSA) is 107 Å². The number of hydrogen-bond donors (Lipinski definition) is 0. The Kier molecular flexibility index (Phi) is 17.7. The molecule has 652 valence electrons. The van der Waals surface area contributed by atoms with E-state index in [-0.39, 0.29) is 0 Å². The molecule has 0 saturated heterocycles. The predicted molar refractivity (Wildman–Crippen MR) is 575 cm³/mol. The molecular formula is C128H80N12. The quantitative estimate of drug-likeness (QED) is 0.121. The fourth-order valence-corrected chi connectivity index (χ4v) is 22.7. The summed E-state index contributed by atoms with van der Waals surface area (Å²) in [4.78, 5) is 30.3. The monoisotopic (exact) mass is 1780 g/mol. The van der Waals surface area contributed by atoms with Crippen LogP contribution in [0.1, 0.15) is 22.3 Å². The zero-order valence-electron chi connectivity index (χ0n) is 75.7. The van der Waals surface area contributed by atoms with Gasteiger partial charge in [0.2, 0.25) is 0 Å². The van der Waals surface area contributed by atoms with Crippen LogP contribution in [-0.2, 0) is 12.8 Å². The molecule has 12 heteroatoms. The highest BCUT2D eigenvalue weighted by atomic mass is 15.1. The zero-order chi connectivity index (χ0) is 91.7. The molecule has 0 saturated carbocycles. The second kappa shape index (κ2) is 31.4. The van der Waals surface area contributed by atoms with Crippen LogP contribution in [0.4, 0.5) is 0 Å². The lowest BCUT2D eigenvalue weighted by atomic mass is 10.0. The van der Waals surface area contributed by atoms with E-state index in [1.165, 1.54) is 153 Å². The minimum absolute atomic E-state index is 0.653. The van der Waals surface area contributed by atoms with E-state index in [9.17, 15) is 0 Å². The molecule has 20 aromatic carbocycles. The maximum atomic E-state index is 5.10. The summed E-state index contributed by atoms with van der Waals surface area (Å²) in [5.74, 6) is 3.92. The lowest BCUT2D eigenvalue weighted by Gasteiger charge is -2.13. The minimum Gasteiger partial charge on any atom is -0.309 e. The Hall–Kier alpha value is -18.8. The van der Waals surface area contributed by atoms with Crippen molar-refractivity contribution < 1.29 is 0 Å². The number of aromatic nitrogens is 12. The molecule has 0 spiro atoms. The molecule has 28 aromatic rings. The predicted octanol–water partition coefficient (Wildman–Crippen LogP) is 31.5. The SMILES string of the molecule is c1ccc(-c2nc(-c3ccccc3)nc(-c3ccc4c(c3)-c3cc(-n5c6ccc(-n7c8ccccc8c8ccccc87)cc6c6cc(-n7c8ccccc8c8ccccc87)ccc65)ccc3C4)n2)cc1.c1ccc(-c2nc(-c3ccccc3)nc(-c3ccc4c(c3)-c3cc(-n5c6ccc(-n7c8ccccc8c8ccccc87)cc6c6cc(-n7c8ccccc8c8ccccc87)ccc65)ccc3C4)n2)cc1. The molecule has 140 heavy (non-hydrogen) atoms. The normalized spacial score (nSPS) is 12.2. The molecule has 0 fully saturated rings. The summed E-state index contributed by atoms with van der Waals surface area (Å²) in [5.41, 5.74) is 36.7. The molecule has 0 N–H and O–H groups in total. The van der Waals surface area contributed by atoms with Crippen molar-refractivity contribution in [2.24, 2.45) is 0 Å². The largest absolute Gasteiger partial charge is 0.309 e. The molecule has 12 nitrogen and oxygen atoms in total. The van der Waals surface area contributed by atoms with Gasteiger partial charge in [-0.15, -0.1) is 0 Å². The first-order chi connectivity index (χ1) is 69.4. The van der Waals surface area contributed by atoms with Gasteiger partial charge in [-0.1, -0.05) is 303 Å². The van der Waals surface area contributed by atoms with Crippen molar-refractivity contribution in [3.8, 4) is 125 Å². The number of nitrogens with zero attached hydrogens (tertiary/aromatic N) is 12. The van der Waals surface area contributed by atoms with Gasteiger partial charge in [0.15, 0.2) is 34.9 Å². The molecule has 8 aromatic heterocycles. The molecule has 30 rings (SSSR count). The van der Waals surface area contributed by atoms with Crippen molar-refractivity contribution in [3.05, 3.63) is 483 Å². The van der Waals surface area contributed by atoms with Gasteiger partial charge in [-0.05, 0) is 215 Å². The van der Waals surface area contributed by atoms with E-state index in [0.29, 0.717) is 34.9 Å². The summed E-state index contributed by atoms with van der Waals surface area (Å²) >= 11 is 0. The minimum atomic E-state index is 0.653. The van der Waals surface area contributed by atoms with Gasteiger partial charge in [-0.2, -0.15) is 0 Å². The molecule has 8 heterocycles. The van der Waals surface area contributed by atoms with Crippen molar-refractivity contribution in [1.82, 2.24) is 57.3 Å². The third-order valence-corrected chi connectivity index (χ3v) is 29.0. The van der Waals surface area contributed by atoms with Gasteiger partial charge in [0.05, 0.1) is 66.2 Å². The van der Waals surface area contributed by atoms with Crippen molar-refractivity contribution in [1.29, 1.82) is 0 Å². The summed E-state index contributed by atoms with van der Waals surface area (Å²) in [7, 11) is 0. The summed E-state index contributed by atoms with van der Waals surface area (Å²) < 4.78 is 14.6. The van der Waals surface area contributed by atoms with Crippen molar-refractivity contribution in [3.63, 3.8) is 0 Å². The Labute approximate surface area is 803 Å². The number of benzene rings is 20. The van der Waals surface area contributed by atoms with E-state index in [1.54, 1.807) is 0 Å². The van der Waals surface area contributed by atoms with Gasteiger partial charge < -0.3 is 27.4 Å². The van der Waals surface area contributed by atoms with E-state index in [4.69, 9.17) is 29.9 Å². The highest BCUT2D eigenvalue weighted by Crippen LogP contribution is 2.48. The summed E-state index contributed by atoms with van der Waals surface area (Å²) in [6, 6.07) is 166. The average molecular weight is 1790 g/mol. The second-order valence-electron chi connectivity index (χ2n) is 36.8. The van der Waals surface area contributed by atoms with Crippen LogP contribution in [0.3, 0.4) is 0 Å². The summed E-state index contributed by atoms with van der Waals surface area (Å²) in [6.45, 7) is 0. The van der Waals surface area contributed by atoms with Gasteiger partial charge in [-0.3, -0.25) is 0 Å². The second-order valence-corrected chi connectivity index (χ2v) is 36.8. The Bertz CT molecular complexity index is 8790. The summed E-state index contributed by atoms with van der Waals surface area (Å²) in [5, 5.41) is 14.8. The first-order valence-corrected chi connectivity index (χ1v) is 47.8. The summed E-state index contributed by atoms with van der Waals surface area (Å²) in [6.07, 6.45) is 1.73. The lowest BCUT2D eigenvalue weighted by molar-refractivity contribution is 1.07. The fraction of sp³-hybridized carbons (Fsp3) is 0.0156. The van der Waals surface area contributed by atoms with Crippen LogP contribution in [0, 0.1) is 0 Å². The van der Waals surface area contributed by atoms with Gasteiger partial charge in [0.1, 0.15) is 0 Å². The lowest BCUT2D eigenvalue weighted by Crippen LogP contribution is -2.00. The Morgan fingerprint density at radius 3 is 0.529 bits per heavy atom. The van der Waals surface area contributed by atoms with Crippen LogP contribution in [0.2, 0.25) is 0 Å². The highest BCUT2D eigenvalue weighted by molar-refractivity contribution is 6.17. The molecule has 0 aliphatic heterocycles. The number of para-hydroxylation sites is 8. The van der Waals surface area contributed by atoms with Crippen LogP contribution in [0.5, 0.6) is 0 Å². The van der Waals surface area contributed by atoms with Crippen LogP contribution in [-0.4, -0.2) is 57.3 Å². The van der Waals surface area contributed by atoms with Gasteiger partial charge >= 0.3 is 0 Å². The van der Waals surface area contributed by atoms with Crippen LogP contribution in [0.15, 0.2) is 461 Å². The Morgan fingerprint density at radius 1 is 0.129 bits per heavy atom. The van der Waals surface area contributed by atoms with Crippen LogP contribution >= 0.6 is 0 Å².